The Bertz CT molecular complexity index is 937. The molecular weight excluding hydrogens is 462 g/mol. The summed E-state index contributed by atoms with van der Waals surface area (Å²) in [7, 11) is -3.27. The second-order valence-corrected chi connectivity index (χ2v) is 12.6. The van der Waals surface area contributed by atoms with E-state index in [9.17, 15) is 30.8 Å². The van der Waals surface area contributed by atoms with E-state index in [1.807, 2.05) is 0 Å². The molecule has 188 valence electrons. The fourth-order valence-corrected chi connectivity index (χ4v) is 5.04. The smallest absolute Gasteiger partial charge is 0.185 e. The Morgan fingerprint density at radius 3 is 1.94 bits per heavy atom. The van der Waals surface area contributed by atoms with Gasteiger partial charge < -0.3 is 9.64 Å². The summed E-state index contributed by atoms with van der Waals surface area (Å²) in [6.45, 7) is 8.35. The standard InChI is InChI=1S/C23H33F4NO4S/c1-14-12-28(13-15(2)32-14)22-20(26)18(24)17(19(25)21(22)27)11-16(29)9-7-6-8-10-33(30,31)23(3,4)5/h14-15H,6-13H2,1-5H3/t14-,15+. The van der Waals surface area contributed by atoms with Crippen molar-refractivity contribution in [3.8, 4) is 0 Å². The van der Waals surface area contributed by atoms with Crippen molar-refractivity contribution in [1.82, 2.24) is 0 Å². The first-order valence-electron chi connectivity index (χ1n) is 11.1. The van der Waals surface area contributed by atoms with Crippen molar-refractivity contribution in [3.05, 3.63) is 28.8 Å². The third kappa shape index (κ3) is 6.68. The molecule has 0 radical (unpaired) electrons. The van der Waals surface area contributed by atoms with Crippen LogP contribution in [0.1, 0.15) is 65.9 Å². The highest BCUT2D eigenvalue weighted by Crippen LogP contribution is 2.33. The molecule has 0 unspecified atom stereocenters. The first-order valence-corrected chi connectivity index (χ1v) is 12.8. The zero-order valence-electron chi connectivity index (χ0n) is 19.8. The molecule has 33 heavy (non-hydrogen) atoms. The largest absolute Gasteiger partial charge is 0.372 e. The van der Waals surface area contributed by atoms with E-state index < -0.39 is 61.3 Å². The third-order valence-electron chi connectivity index (χ3n) is 5.74. The van der Waals surface area contributed by atoms with Crippen LogP contribution in [0.5, 0.6) is 0 Å². The minimum Gasteiger partial charge on any atom is -0.372 e. The molecule has 2 atom stereocenters. The van der Waals surface area contributed by atoms with Crippen molar-refractivity contribution in [2.75, 3.05) is 23.7 Å². The summed E-state index contributed by atoms with van der Waals surface area (Å²) >= 11 is 0. The van der Waals surface area contributed by atoms with Crippen LogP contribution in [0.2, 0.25) is 0 Å². The monoisotopic (exact) mass is 495 g/mol. The van der Waals surface area contributed by atoms with E-state index in [4.69, 9.17) is 4.74 Å². The number of hydrogen-bond donors (Lipinski definition) is 0. The van der Waals surface area contributed by atoms with Crippen LogP contribution in [0.15, 0.2) is 0 Å². The number of benzene rings is 1. The van der Waals surface area contributed by atoms with Gasteiger partial charge in [0.25, 0.3) is 0 Å². The molecule has 5 nitrogen and oxygen atoms in total. The number of unbranched alkanes of at least 4 members (excludes halogenated alkanes) is 2. The van der Waals surface area contributed by atoms with E-state index in [2.05, 4.69) is 0 Å². The summed E-state index contributed by atoms with van der Waals surface area (Å²) in [6, 6.07) is 0. The number of carbonyl (C=O) groups excluding carboxylic acids is 1. The molecule has 1 heterocycles. The van der Waals surface area contributed by atoms with Crippen LogP contribution in [0.25, 0.3) is 0 Å². The van der Waals surface area contributed by atoms with E-state index in [1.165, 1.54) is 4.90 Å². The van der Waals surface area contributed by atoms with Gasteiger partial charge in [0, 0.05) is 31.5 Å². The minimum absolute atomic E-state index is 0.0232. The van der Waals surface area contributed by atoms with E-state index in [-0.39, 0.29) is 37.5 Å². The molecule has 1 aliphatic heterocycles. The number of anilines is 1. The van der Waals surface area contributed by atoms with Crippen molar-refractivity contribution in [2.45, 2.75) is 83.7 Å². The minimum atomic E-state index is -3.27. The second-order valence-electron chi connectivity index (χ2n) is 9.70. The number of morpholine rings is 1. The number of Topliss-reactive ketones (excluding diaryl/α,β-unsaturated/α-hetero) is 1. The molecule has 2 rings (SSSR count). The molecule has 0 aliphatic carbocycles. The Kier molecular flexibility index (Phi) is 8.95. The SMILES string of the molecule is C[C@@H]1CN(c2c(F)c(F)c(CC(=O)CCCCCS(=O)(=O)C(C)(C)C)c(F)c2F)C[C@H](C)O1. The lowest BCUT2D eigenvalue weighted by Gasteiger charge is -2.37. The van der Waals surface area contributed by atoms with Crippen LogP contribution in [-0.2, 0) is 25.8 Å². The number of carbonyl (C=O) groups is 1. The van der Waals surface area contributed by atoms with Crippen molar-refractivity contribution in [3.63, 3.8) is 0 Å². The number of hydrogen-bond acceptors (Lipinski definition) is 5. The Labute approximate surface area is 193 Å². The van der Waals surface area contributed by atoms with Crippen molar-refractivity contribution in [2.24, 2.45) is 0 Å². The van der Waals surface area contributed by atoms with E-state index in [0.29, 0.717) is 19.3 Å². The molecule has 0 amide bonds. The quantitative estimate of drug-likeness (QED) is 0.281. The van der Waals surface area contributed by atoms with Crippen LogP contribution in [0.3, 0.4) is 0 Å². The van der Waals surface area contributed by atoms with Gasteiger partial charge in [0.05, 0.1) is 22.7 Å². The maximum atomic E-state index is 14.7. The molecule has 1 saturated heterocycles. The van der Waals surface area contributed by atoms with Crippen LogP contribution >= 0.6 is 0 Å². The lowest BCUT2D eigenvalue weighted by molar-refractivity contribution is -0.118. The van der Waals surface area contributed by atoms with Gasteiger partial charge in [0.15, 0.2) is 33.1 Å². The lowest BCUT2D eigenvalue weighted by atomic mass is 10.0. The summed E-state index contributed by atoms with van der Waals surface area (Å²) in [5.41, 5.74) is -1.72. The Hall–Kier alpha value is -1.68. The molecule has 10 heteroatoms. The van der Waals surface area contributed by atoms with Gasteiger partial charge in [-0.15, -0.1) is 0 Å². The molecule has 0 spiro atoms. The highest BCUT2D eigenvalue weighted by molar-refractivity contribution is 7.92. The van der Waals surface area contributed by atoms with Gasteiger partial charge in [0.2, 0.25) is 0 Å². The number of ether oxygens (including phenoxy) is 1. The lowest BCUT2D eigenvalue weighted by Crippen LogP contribution is -2.46. The average Bonchev–Trinajstić information content (AvgIpc) is 2.68. The van der Waals surface area contributed by atoms with Gasteiger partial charge in [-0.3, -0.25) is 4.79 Å². The van der Waals surface area contributed by atoms with Crippen LogP contribution in [0.4, 0.5) is 23.2 Å². The topological polar surface area (TPSA) is 63.7 Å². The van der Waals surface area contributed by atoms with E-state index in [1.54, 1.807) is 34.6 Å². The zero-order valence-corrected chi connectivity index (χ0v) is 20.6. The predicted octanol–water partition coefficient (Wildman–Crippen LogP) is 4.74. The van der Waals surface area contributed by atoms with Gasteiger partial charge in [-0.2, -0.15) is 0 Å². The summed E-state index contributed by atoms with van der Waals surface area (Å²) < 4.78 is 87.5. The van der Waals surface area contributed by atoms with E-state index in [0.717, 1.165) is 0 Å². The maximum absolute atomic E-state index is 14.7. The number of ketones is 1. The Morgan fingerprint density at radius 2 is 1.45 bits per heavy atom. The Morgan fingerprint density at radius 1 is 0.939 bits per heavy atom. The fraction of sp³-hybridized carbons (Fsp3) is 0.696. The predicted molar refractivity (Wildman–Crippen MR) is 119 cm³/mol. The van der Waals surface area contributed by atoms with Gasteiger partial charge in [-0.1, -0.05) is 6.42 Å². The number of sulfone groups is 1. The average molecular weight is 496 g/mol. The summed E-state index contributed by atoms with van der Waals surface area (Å²) in [5, 5.41) is 0. The number of nitrogens with zero attached hydrogens (tertiary/aromatic N) is 1. The van der Waals surface area contributed by atoms with Crippen molar-refractivity contribution >= 4 is 21.3 Å². The van der Waals surface area contributed by atoms with Crippen LogP contribution in [-0.4, -0.2) is 50.0 Å². The maximum Gasteiger partial charge on any atom is 0.185 e. The molecule has 0 aromatic heterocycles. The molecule has 0 N–H and O–H groups in total. The van der Waals surface area contributed by atoms with Crippen molar-refractivity contribution in [1.29, 1.82) is 0 Å². The molecule has 1 fully saturated rings. The molecule has 1 aromatic carbocycles. The number of halogens is 4. The Balaban J connectivity index is 2.03. The molecular formula is C23H33F4NO4S. The number of rotatable bonds is 9. The van der Waals surface area contributed by atoms with Crippen LogP contribution < -0.4 is 4.90 Å². The van der Waals surface area contributed by atoms with Gasteiger partial charge in [-0.05, 0) is 47.5 Å². The summed E-state index contributed by atoms with van der Waals surface area (Å²) in [4.78, 5) is 13.4. The highest BCUT2D eigenvalue weighted by Gasteiger charge is 2.33. The highest BCUT2D eigenvalue weighted by atomic mass is 32.2. The van der Waals surface area contributed by atoms with Gasteiger partial charge in [-0.25, -0.2) is 26.0 Å². The third-order valence-corrected chi connectivity index (χ3v) is 8.43. The zero-order chi connectivity index (χ0) is 25.1. The molecule has 0 bridgehead atoms. The molecule has 1 aliphatic rings. The fourth-order valence-electron chi connectivity index (χ4n) is 3.84. The van der Waals surface area contributed by atoms with Gasteiger partial charge >= 0.3 is 0 Å². The first-order chi connectivity index (χ1) is 15.2. The normalized spacial score (nSPS) is 19.7. The second kappa shape index (κ2) is 10.7. The van der Waals surface area contributed by atoms with Crippen LogP contribution in [0, 0.1) is 23.3 Å². The summed E-state index contributed by atoms with van der Waals surface area (Å²) in [6.07, 6.45) is -0.504. The summed E-state index contributed by atoms with van der Waals surface area (Å²) in [5.74, 6) is -6.78. The molecule has 0 saturated carbocycles. The first kappa shape index (κ1) is 27.6. The van der Waals surface area contributed by atoms with Gasteiger partial charge in [0.1, 0.15) is 11.5 Å². The van der Waals surface area contributed by atoms with Crippen molar-refractivity contribution < 1.29 is 35.5 Å². The van der Waals surface area contributed by atoms with E-state index >= 15 is 0 Å². The molecule has 1 aromatic rings.